The Balaban J connectivity index is 0.000000212. The Morgan fingerprint density at radius 1 is 0.625 bits per heavy atom. The summed E-state index contributed by atoms with van der Waals surface area (Å²) in [6.07, 6.45) is 4.61. The number of benzene rings is 2. The van der Waals surface area contributed by atoms with Crippen molar-refractivity contribution in [1.82, 2.24) is 19.9 Å². The fourth-order valence-electron chi connectivity index (χ4n) is 8.34. The van der Waals surface area contributed by atoms with E-state index in [0.29, 0.717) is 61.1 Å². The summed E-state index contributed by atoms with van der Waals surface area (Å²) in [5, 5.41) is 25.6. The van der Waals surface area contributed by atoms with E-state index in [4.69, 9.17) is 16.2 Å². The summed E-state index contributed by atoms with van der Waals surface area (Å²) in [6, 6.07) is 9.71. The number of aliphatic hydroxyl groups is 2. The van der Waals surface area contributed by atoms with Gasteiger partial charge in [0.2, 0.25) is 0 Å². The van der Waals surface area contributed by atoms with Crippen molar-refractivity contribution >= 4 is 40.5 Å². The van der Waals surface area contributed by atoms with Crippen molar-refractivity contribution in [2.45, 2.75) is 38.1 Å². The fourth-order valence-corrected chi connectivity index (χ4v) is 8.34. The monoisotopic (exact) mass is 1000 g/mol. The molecule has 0 bridgehead atoms. The first-order chi connectivity index (χ1) is 34.3. The third-order valence-electron chi connectivity index (χ3n) is 12.1. The number of nitrogens with two attached hydrogens (primary N) is 2. The van der Waals surface area contributed by atoms with Gasteiger partial charge in [0.1, 0.15) is 51.9 Å². The molecule has 2 aliphatic rings. The predicted octanol–water partition coefficient (Wildman–Crippen LogP) is 5.71. The number of pyridine rings is 4. The molecule has 0 aliphatic carbocycles. The number of hydrogen-bond acceptors (Lipinski definition) is 15. The second-order valence-electron chi connectivity index (χ2n) is 17.1. The topological polar surface area (TPSA) is 244 Å². The lowest BCUT2D eigenvalue weighted by Crippen LogP contribution is -2.55. The summed E-state index contributed by atoms with van der Waals surface area (Å²) in [4.78, 5) is 57.3. The van der Waals surface area contributed by atoms with Crippen LogP contribution in [0.15, 0.2) is 85.5 Å². The number of amides is 2. The number of esters is 1. The van der Waals surface area contributed by atoms with E-state index in [-0.39, 0.29) is 29.0 Å². The first-order valence-electron chi connectivity index (χ1n) is 22.1. The molecule has 2 aliphatic heterocycles. The molecule has 17 nitrogen and oxygen atoms in total. The van der Waals surface area contributed by atoms with Crippen molar-refractivity contribution in [3.8, 4) is 28.3 Å². The summed E-state index contributed by atoms with van der Waals surface area (Å²) in [5.41, 5.74) is 9.99. The number of nitrogens with one attached hydrogen (secondary N) is 2. The van der Waals surface area contributed by atoms with E-state index in [0.717, 1.165) is 43.5 Å². The zero-order valence-corrected chi connectivity index (χ0v) is 38.9. The molecule has 6 aromatic rings. The molecule has 2 amide bonds. The second-order valence-corrected chi connectivity index (χ2v) is 17.1. The average molecular weight is 1000 g/mol. The van der Waals surface area contributed by atoms with E-state index in [1.165, 1.54) is 25.7 Å². The van der Waals surface area contributed by atoms with Crippen LogP contribution in [-0.4, -0.2) is 113 Å². The van der Waals surface area contributed by atoms with E-state index in [9.17, 15) is 50.9 Å². The van der Waals surface area contributed by atoms with Gasteiger partial charge in [-0.3, -0.25) is 19.6 Å². The third kappa shape index (κ3) is 11.1. The first kappa shape index (κ1) is 52.1. The Hall–Kier alpha value is -7.73. The van der Waals surface area contributed by atoms with Crippen LogP contribution in [0.3, 0.4) is 0 Å². The maximum Gasteiger partial charge on any atom is 0.338 e. The van der Waals surface area contributed by atoms with Gasteiger partial charge in [-0.05, 0) is 60.7 Å². The molecular formula is C49H48F6N10O7. The molecule has 8 rings (SSSR count). The van der Waals surface area contributed by atoms with Gasteiger partial charge in [0.05, 0.1) is 78.3 Å². The maximum atomic E-state index is 14.7. The first-order valence-corrected chi connectivity index (χ1v) is 22.1. The smallest absolute Gasteiger partial charge is 0.338 e. The normalized spacial score (nSPS) is 19.7. The molecular weight excluding hydrogens is 955 g/mol. The van der Waals surface area contributed by atoms with Gasteiger partial charge in [-0.1, -0.05) is 13.8 Å². The molecule has 23 heteroatoms. The number of methoxy groups -OCH3 is 2. The van der Waals surface area contributed by atoms with Gasteiger partial charge >= 0.3 is 5.97 Å². The van der Waals surface area contributed by atoms with Gasteiger partial charge in [-0.25, -0.2) is 41.1 Å². The summed E-state index contributed by atoms with van der Waals surface area (Å²) < 4.78 is 96.9. The third-order valence-corrected chi connectivity index (χ3v) is 12.1. The molecule has 4 aromatic heterocycles. The van der Waals surface area contributed by atoms with Gasteiger partial charge in [-0.15, -0.1) is 0 Å². The molecule has 0 spiro atoms. The van der Waals surface area contributed by atoms with Crippen molar-refractivity contribution in [2.24, 2.45) is 23.3 Å². The minimum Gasteiger partial charge on any atom is -0.494 e. The van der Waals surface area contributed by atoms with Crippen LogP contribution in [0.2, 0.25) is 0 Å². The number of anilines is 4. The van der Waals surface area contributed by atoms with Crippen molar-refractivity contribution in [3.05, 3.63) is 137 Å². The van der Waals surface area contributed by atoms with Crippen LogP contribution in [0.4, 0.5) is 49.1 Å². The Morgan fingerprint density at radius 2 is 1.07 bits per heavy atom. The highest BCUT2D eigenvalue weighted by atomic mass is 19.2. The van der Waals surface area contributed by atoms with Crippen LogP contribution in [0.5, 0.6) is 5.75 Å². The maximum absolute atomic E-state index is 14.7. The summed E-state index contributed by atoms with van der Waals surface area (Å²) in [5.74, 6) is -9.80. The summed E-state index contributed by atoms with van der Waals surface area (Å²) >= 11 is 0. The fraction of sp³-hybridized carbons (Fsp3) is 0.286. The second kappa shape index (κ2) is 22.1. The Kier molecular flexibility index (Phi) is 16.0. The number of halogens is 6. The highest BCUT2D eigenvalue weighted by Crippen LogP contribution is 2.35. The molecule has 2 fully saturated rings. The van der Waals surface area contributed by atoms with E-state index >= 15 is 0 Å². The standard InChI is InChI=1S/C25H24F3N5O4.C24H24F3N5O3/c1-12-10-33(11-17(29)23(12)34)20-5-6-30-9-19(20)32-24(35)18-4-3-14(26)22(31-18)21-15(27)7-13(8-16(21)28)25(36)37-2;1-12-10-32(11-15(28)23(12)33)18-7-8-29-9-17(18)31-24(34)16-5-3-14(26)22(30-16)20-13(25)4-6-19(35-2)21(20)27/h3-9,12,17,23,34H,10-11,29H2,1-2H3,(H,32,35);3-9,12,15,23,33H,10-11,28H2,1-2H3,(H,31,34)/t12-,17+,23+;12-,15+,23+/m00/s1. The van der Waals surface area contributed by atoms with Crippen molar-refractivity contribution < 1.29 is 60.4 Å². The summed E-state index contributed by atoms with van der Waals surface area (Å²) in [6.45, 7) is 5.38. The van der Waals surface area contributed by atoms with Crippen molar-refractivity contribution in [3.63, 3.8) is 0 Å². The van der Waals surface area contributed by atoms with Crippen LogP contribution in [-0.2, 0) is 4.74 Å². The molecule has 0 unspecified atom stereocenters. The number of ether oxygens (including phenoxy) is 2. The zero-order valence-electron chi connectivity index (χ0n) is 38.9. The molecule has 8 N–H and O–H groups in total. The molecule has 72 heavy (non-hydrogen) atoms. The molecule has 2 saturated heterocycles. The number of piperidine rings is 2. The van der Waals surface area contributed by atoms with Gasteiger partial charge in [0.25, 0.3) is 11.8 Å². The molecule has 378 valence electrons. The SMILES string of the molecule is COC(=O)c1cc(F)c(-c2nc(C(=O)Nc3cnccc3N3C[C@@H](N)[C@H](O)[C@@H](C)C3)ccc2F)c(F)c1.COc1ccc(F)c(-c2nc(C(=O)Nc3cnccc3N3C[C@@H](N)[C@H](O)[C@@H](C)C3)ccc2F)c1F. The molecule has 0 saturated carbocycles. The number of carbonyl (C=O) groups is 3. The largest absolute Gasteiger partial charge is 0.494 e. The number of hydrogen-bond donors (Lipinski definition) is 6. The van der Waals surface area contributed by atoms with Gasteiger partial charge in [0.15, 0.2) is 11.6 Å². The number of carbonyl (C=O) groups excluding carboxylic acids is 3. The lowest BCUT2D eigenvalue weighted by atomic mass is 9.92. The number of aromatic nitrogens is 4. The molecule has 2 aromatic carbocycles. The van der Waals surface area contributed by atoms with Gasteiger partial charge in [0, 0.05) is 62.5 Å². The van der Waals surface area contributed by atoms with E-state index in [1.54, 1.807) is 18.3 Å². The number of rotatable bonds is 10. The van der Waals surface area contributed by atoms with Crippen LogP contribution >= 0.6 is 0 Å². The lowest BCUT2D eigenvalue weighted by Gasteiger charge is -2.40. The number of aliphatic hydroxyl groups excluding tert-OH is 2. The van der Waals surface area contributed by atoms with Crippen LogP contribution in [0.25, 0.3) is 22.5 Å². The van der Waals surface area contributed by atoms with Crippen molar-refractivity contribution in [2.75, 3.05) is 60.8 Å². The highest BCUT2D eigenvalue weighted by molar-refractivity contribution is 6.05. The van der Waals surface area contributed by atoms with Crippen molar-refractivity contribution in [1.29, 1.82) is 0 Å². The highest BCUT2D eigenvalue weighted by Gasteiger charge is 2.34. The predicted molar refractivity (Wildman–Crippen MR) is 252 cm³/mol. The minimum atomic E-state index is -1.25. The quantitative estimate of drug-likeness (QED) is 0.0711. The van der Waals surface area contributed by atoms with Crippen LogP contribution in [0.1, 0.15) is 45.2 Å². The zero-order chi connectivity index (χ0) is 52.1. The van der Waals surface area contributed by atoms with E-state index in [2.05, 4.69) is 35.3 Å². The molecule has 6 atom stereocenters. The van der Waals surface area contributed by atoms with E-state index < -0.39 is 105 Å². The van der Waals surface area contributed by atoms with Crippen LogP contribution in [0, 0.1) is 46.7 Å². The minimum absolute atomic E-state index is 0.107. The van der Waals surface area contributed by atoms with Crippen LogP contribution < -0.4 is 36.6 Å². The van der Waals surface area contributed by atoms with E-state index in [1.807, 2.05) is 23.6 Å². The van der Waals surface area contributed by atoms with Gasteiger partial charge in [-0.2, -0.15) is 0 Å². The average Bonchev–Trinajstić information content (AvgIpc) is 3.35. The van der Waals surface area contributed by atoms with Gasteiger partial charge < -0.3 is 51.6 Å². The summed E-state index contributed by atoms with van der Waals surface area (Å²) in [7, 11) is 2.24. The Bertz CT molecular complexity index is 2960. The Labute approximate surface area is 407 Å². The molecule has 0 radical (unpaired) electrons. The Morgan fingerprint density at radius 3 is 1.50 bits per heavy atom. The number of nitrogens with zero attached hydrogens (tertiary/aromatic N) is 6. The molecule has 6 heterocycles. The lowest BCUT2D eigenvalue weighted by molar-refractivity contribution is 0.0599.